The van der Waals surface area contributed by atoms with E-state index in [0.717, 1.165) is 0 Å². The molecule has 0 amide bonds. The standard InChI is InChI=1S/C11H15NS/c1-4-10(12-2)9-7-5-6-8-11(9)13-3/h4-8,10,12H,1H2,2-3H3. The minimum Gasteiger partial charge on any atom is -0.310 e. The monoisotopic (exact) mass is 193 g/mol. The molecule has 0 saturated heterocycles. The molecule has 70 valence electrons. The third-order valence-electron chi connectivity index (χ3n) is 2.02. The van der Waals surface area contributed by atoms with Crippen LogP contribution in [0, 0.1) is 0 Å². The summed E-state index contributed by atoms with van der Waals surface area (Å²) >= 11 is 1.77. The second-order valence-electron chi connectivity index (χ2n) is 2.74. The van der Waals surface area contributed by atoms with Crippen LogP contribution in [0.3, 0.4) is 0 Å². The highest BCUT2D eigenvalue weighted by Gasteiger charge is 2.07. The molecule has 0 aliphatic heterocycles. The molecule has 1 rings (SSSR count). The lowest BCUT2D eigenvalue weighted by Crippen LogP contribution is -2.14. The molecule has 0 radical (unpaired) electrons. The van der Waals surface area contributed by atoms with Crippen molar-refractivity contribution in [1.29, 1.82) is 0 Å². The van der Waals surface area contributed by atoms with Gasteiger partial charge in [-0.15, -0.1) is 18.3 Å². The van der Waals surface area contributed by atoms with Crippen molar-refractivity contribution >= 4 is 11.8 Å². The number of hydrogen-bond acceptors (Lipinski definition) is 2. The second-order valence-corrected chi connectivity index (χ2v) is 3.59. The summed E-state index contributed by atoms with van der Waals surface area (Å²) in [6.45, 7) is 3.81. The van der Waals surface area contributed by atoms with E-state index in [9.17, 15) is 0 Å². The molecule has 1 nitrogen and oxygen atoms in total. The van der Waals surface area contributed by atoms with Crippen molar-refractivity contribution in [3.8, 4) is 0 Å². The van der Waals surface area contributed by atoms with Crippen molar-refractivity contribution in [3.63, 3.8) is 0 Å². The first-order valence-corrected chi connectivity index (χ1v) is 5.48. The highest BCUT2D eigenvalue weighted by Crippen LogP contribution is 2.25. The zero-order chi connectivity index (χ0) is 9.68. The number of likely N-dealkylation sites (N-methyl/N-ethyl adjacent to an activating group) is 1. The molecule has 0 aliphatic carbocycles. The number of benzene rings is 1. The predicted molar refractivity (Wildman–Crippen MR) is 60.2 cm³/mol. The van der Waals surface area contributed by atoms with Crippen LogP contribution in [0.25, 0.3) is 0 Å². The topological polar surface area (TPSA) is 12.0 Å². The van der Waals surface area contributed by atoms with E-state index < -0.39 is 0 Å². The van der Waals surface area contributed by atoms with Gasteiger partial charge in [0.15, 0.2) is 0 Å². The second kappa shape index (κ2) is 5.10. The van der Waals surface area contributed by atoms with Crippen molar-refractivity contribution in [2.75, 3.05) is 13.3 Å². The Kier molecular flexibility index (Phi) is 4.06. The van der Waals surface area contributed by atoms with Crippen LogP contribution in [0.2, 0.25) is 0 Å². The van der Waals surface area contributed by atoms with Crippen LogP contribution in [-0.2, 0) is 0 Å². The first-order valence-electron chi connectivity index (χ1n) is 4.26. The summed E-state index contributed by atoms with van der Waals surface area (Å²) in [7, 11) is 1.95. The van der Waals surface area contributed by atoms with Gasteiger partial charge in [0.2, 0.25) is 0 Å². The van der Waals surface area contributed by atoms with E-state index in [1.165, 1.54) is 10.5 Å². The summed E-state index contributed by atoms with van der Waals surface area (Å²) in [5.41, 5.74) is 1.30. The Morgan fingerprint density at radius 3 is 2.69 bits per heavy atom. The van der Waals surface area contributed by atoms with E-state index in [-0.39, 0.29) is 6.04 Å². The normalized spacial score (nSPS) is 12.5. The Balaban J connectivity index is 3.03. The summed E-state index contributed by atoms with van der Waals surface area (Å²) < 4.78 is 0. The molecule has 1 atom stereocenters. The average molecular weight is 193 g/mol. The Morgan fingerprint density at radius 2 is 2.15 bits per heavy atom. The van der Waals surface area contributed by atoms with E-state index in [2.05, 4.69) is 42.4 Å². The number of nitrogens with one attached hydrogen (secondary N) is 1. The summed E-state index contributed by atoms with van der Waals surface area (Å²) in [6, 6.07) is 8.64. The molecule has 0 saturated carbocycles. The van der Waals surface area contributed by atoms with Gasteiger partial charge in [-0.2, -0.15) is 0 Å². The predicted octanol–water partition coefficient (Wildman–Crippen LogP) is 2.86. The van der Waals surface area contributed by atoms with E-state index in [1.807, 2.05) is 13.1 Å². The molecule has 13 heavy (non-hydrogen) atoms. The van der Waals surface area contributed by atoms with Crippen molar-refractivity contribution in [2.45, 2.75) is 10.9 Å². The zero-order valence-corrected chi connectivity index (χ0v) is 8.90. The van der Waals surface area contributed by atoms with Gasteiger partial charge in [0.05, 0.1) is 6.04 Å². The Morgan fingerprint density at radius 1 is 1.46 bits per heavy atom. The van der Waals surface area contributed by atoms with Crippen molar-refractivity contribution in [1.82, 2.24) is 5.32 Å². The minimum atomic E-state index is 0.253. The third-order valence-corrected chi connectivity index (χ3v) is 2.83. The van der Waals surface area contributed by atoms with Crippen LogP contribution in [0.4, 0.5) is 0 Å². The van der Waals surface area contributed by atoms with Gasteiger partial charge in [0.1, 0.15) is 0 Å². The van der Waals surface area contributed by atoms with Crippen LogP contribution in [0.15, 0.2) is 41.8 Å². The third kappa shape index (κ3) is 2.36. The SMILES string of the molecule is C=CC(NC)c1ccccc1SC. The molecule has 0 fully saturated rings. The van der Waals surface area contributed by atoms with Crippen LogP contribution < -0.4 is 5.32 Å². The molecule has 1 unspecified atom stereocenters. The molecular weight excluding hydrogens is 178 g/mol. The molecule has 0 aromatic heterocycles. The van der Waals surface area contributed by atoms with Crippen LogP contribution in [0.5, 0.6) is 0 Å². The Bertz CT molecular complexity index is 283. The first-order chi connectivity index (χ1) is 6.33. The lowest BCUT2D eigenvalue weighted by atomic mass is 10.1. The van der Waals surface area contributed by atoms with E-state index in [4.69, 9.17) is 0 Å². The van der Waals surface area contributed by atoms with Gasteiger partial charge in [-0.05, 0) is 24.9 Å². The van der Waals surface area contributed by atoms with Gasteiger partial charge in [0.25, 0.3) is 0 Å². The van der Waals surface area contributed by atoms with Crippen molar-refractivity contribution in [2.24, 2.45) is 0 Å². The molecule has 1 aromatic rings. The zero-order valence-electron chi connectivity index (χ0n) is 8.08. The average Bonchev–Trinajstić information content (AvgIpc) is 2.20. The summed E-state index contributed by atoms with van der Waals surface area (Å²) in [4.78, 5) is 1.31. The van der Waals surface area contributed by atoms with Crippen molar-refractivity contribution < 1.29 is 0 Å². The number of thioether (sulfide) groups is 1. The maximum absolute atomic E-state index is 3.81. The van der Waals surface area contributed by atoms with E-state index in [1.54, 1.807) is 11.8 Å². The maximum Gasteiger partial charge on any atom is 0.0512 e. The quantitative estimate of drug-likeness (QED) is 0.583. The minimum absolute atomic E-state index is 0.253. The fourth-order valence-corrected chi connectivity index (χ4v) is 1.97. The summed E-state index contributed by atoms with van der Waals surface area (Å²) in [6.07, 6.45) is 4.02. The molecule has 0 heterocycles. The Hall–Kier alpha value is -0.730. The molecular formula is C11H15NS. The van der Waals surface area contributed by atoms with E-state index in [0.29, 0.717) is 0 Å². The van der Waals surface area contributed by atoms with Gasteiger partial charge in [0, 0.05) is 4.90 Å². The molecule has 0 bridgehead atoms. The molecule has 1 N–H and O–H groups in total. The first kappa shape index (κ1) is 10.4. The van der Waals surface area contributed by atoms with Gasteiger partial charge < -0.3 is 5.32 Å². The fraction of sp³-hybridized carbons (Fsp3) is 0.273. The largest absolute Gasteiger partial charge is 0.310 e. The van der Waals surface area contributed by atoms with Gasteiger partial charge >= 0.3 is 0 Å². The van der Waals surface area contributed by atoms with Crippen LogP contribution >= 0.6 is 11.8 Å². The highest BCUT2D eigenvalue weighted by molar-refractivity contribution is 7.98. The van der Waals surface area contributed by atoms with Gasteiger partial charge in [-0.3, -0.25) is 0 Å². The van der Waals surface area contributed by atoms with Crippen LogP contribution in [-0.4, -0.2) is 13.3 Å². The molecule has 0 spiro atoms. The molecule has 0 aliphatic rings. The summed E-state index contributed by atoms with van der Waals surface area (Å²) in [5.74, 6) is 0. The lowest BCUT2D eigenvalue weighted by molar-refractivity contribution is 0.704. The van der Waals surface area contributed by atoms with Gasteiger partial charge in [-0.25, -0.2) is 0 Å². The Labute approximate surface area is 84.2 Å². The summed E-state index contributed by atoms with van der Waals surface area (Å²) in [5, 5.41) is 3.21. The number of hydrogen-bond donors (Lipinski definition) is 1. The van der Waals surface area contributed by atoms with Crippen LogP contribution in [0.1, 0.15) is 11.6 Å². The number of rotatable bonds is 4. The smallest absolute Gasteiger partial charge is 0.0512 e. The van der Waals surface area contributed by atoms with E-state index >= 15 is 0 Å². The van der Waals surface area contributed by atoms with Gasteiger partial charge in [-0.1, -0.05) is 24.3 Å². The van der Waals surface area contributed by atoms with Crippen molar-refractivity contribution in [3.05, 3.63) is 42.5 Å². The maximum atomic E-state index is 3.81. The molecule has 2 heteroatoms. The lowest BCUT2D eigenvalue weighted by Gasteiger charge is -2.14. The fourth-order valence-electron chi connectivity index (χ4n) is 1.32. The molecule has 1 aromatic carbocycles. The highest BCUT2D eigenvalue weighted by atomic mass is 32.2.